The third-order valence-corrected chi connectivity index (χ3v) is 12.2. The average Bonchev–Trinajstić information content (AvgIpc) is 3.23. The van der Waals surface area contributed by atoms with Crippen LogP contribution in [0, 0.1) is 11.8 Å². The van der Waals surface area contributed by atoms with Gasteiger partial charge in [0.15, 0.2) is 0 Å². The van der Waals surface area contributed by atoms with Gasteiger partial charge in [-0.3, -0.25) is 14.9 Å². The first-order valence-electron chi connectivity index (χ1n) is 25.7. The Hall–Kier alpha value is -1.18. The summed E-state index contributed by atoms with van der Waals surface area (Å²) in [5, 5.41) is 3.43. The molecule has 0 fully saturated rings. The molecular weight excluding hydrogens is 721 g/mol. The van der Waals surface area contributed by atoms with E-state index in [-0.39, 0.29) is 30.0 Å². The summed E-state index contributed by atoms with van der Waals surface area (Å²) in [6.45, 7) is 16.6. The summed E-state index contributed by atoms with van der Waals surface area (Å²) in [5.41, 5.74) is 0. The minimum atomic E-state index is 0.0641. The molecule has 0 amide bonds. The summed E-state index contributed by atoms with van der Waals surface area (Å²) in [6, 6.07) is 0. The van der Waals surface area contributed by atoms with E-state index >= 15 is 0 Å². The molecule has 0 spiro atoms. The highest BCUT2D eigenvalue weighted by atomic mass is 16.5. The van der Waals surface area contributed by atoms with Gasteiger partial charge in [0.05, 0.1) is 25.0 Å². The number of esters is 2. The van der Waals surface area contributed by atoms with E-state index in [0.29, 0.717) is 13.2 Å². The van der Waals surface area contributed by atoms with Gasteiger partial charge in [0.25, 0.3) is 0 Å². The van der Waals surface area contributed by atoms with Crippen molar-refractivity contribution in [2.45, 2.75) is 259 Å². The van der Waals surface area contributed by atoms with Gasteiger partial charge in [-0.15, -0.1) is 0 Å². The van der Waals surface area contributed by atoms with Crippen LogP contribution >= 0.6 is 0 Å². The van der Waals surface area contributed by atoms with Crippen LogP contribution in [0.2, 0.25) is 0 Å². The van der Waals surface area contributed by atoms with Gasteiger partial charge in [-0.05, 0) is 97.3 Å². The van der Waals surface area contributed by atoms with Crippen LogP contribution in [0.4, 0.5) is 0 Å². The standard InChI is InChI=1S/C51H102N2O5/c1-7-11-15-19-21-29-39-48(37-27-17-13-9-3)50(54)57-45-35-25-23-32-42-53(44-34-31-41-52-47(5)56-6)43-33-24-26-36-46-58-51(55)49(38-28-18-14-10-4)40-30-22-20-16-12-8-2/h47-49,52H,7-46H2,1-6H3. The Morgan fingerprint density at radius 1 is 0.431 bits per heavy atom. The van der Waals surface area contributed by atoms with E-state index in [4.69, 9.17) is 14.2 Å². The Bertz CT molecular complexity index is 799. The first-order valence-corrected chi connectivity index (χ1v) is 25.7. The normalized spacial score (nSPS) is 13.2. The second-order valence-corrected chi connectivity index (χ2v) is 17.7. The monoisotopic (exact) mass is 823 g/mol. The summed E-state index contributed by atoms with van der Waals surface area (Å²) >= 11 is 0. The lowest BCUT2D eigenvalue weighted by Gasteiger charge is -2.23. The Labute approximate surface area is 362 Å². The molecule has 7 nitrogen and oxygen atoms in total. The summed E-state index contributed by atoms with van der Waals surface area (Å²) in [4.78, 5) is 28.8. The van der Waals surface area contributed by atoms with E-state index in [0.717, 1.165) is 110 Å². The van der Waals surface area contributed by atoms with Crippen molar-refractivity contribution in [2.24, 2.45) is 11.8 Å². The maximum Gasteiger partial charge on any atom is 0.308 e. The number of carbonyl (C=O) groups is 2. The van der Waals surface area contributed by atoms with Gasteiger partial charge in [0, 0.05) is 7.11 Å². The van der Waals surface area contributed by atoms with Crippen LogP contribution in [0.5, 0.6) is 0 Å². The molecule has 0 heterocycles. The number of carbonyl (C=O) groups excluding carboxylic acids is 2. The molecule has 3 atom stereocenters. The van der Waals surface area contributed by atoms with E-state index in [9.17, 15) is 9.59 Å². The van der Waals surface area contributed by atoms with Crippen molar-refractivity contribution >= 4 is 11.9 Å². The lowest BCUT2D eigenvalue weighted by molar-refractivity contribution is -0.150. The molecule has 0 rings (SSSR count). The van der Waals surface area contributed by atoms with E-state index in [1.54, 1.807) is 7.11 Å². The van der Waals surface area contributed by atoms with Gasteiger partial charge >= 0.3 is 11.9 Å². The van der Waals surface area contributed by atoms with Crippen molar-refractivity contribution in [1.29, 1.82) is 0 Å². The van der Waals surface area contributed by atoms with Crippen molar-refractivity contribution < 1.29 is 23.8 Å². The van der Waals surface area contributed by atoms with E-state index in [1.807, 2.05) is 0 Å². The maximum atomic E-state index is 13.1. The van der Waals surface area contributed by atoms with Crippen molar-refractivity contribution in [2.75, 3.05) is 46.5 Å². The Morgan fingerprint density at radius 3 is 1.12 bits per heavy atom. The average molecular weight is 823 g/mol. The maximum absolute atomic E-state index is 13.1. The van der Waals surface area contributed by atoms with Gasteiger partial charge in [-0.25, -0.2) is 0 Å². The molecular formula is C51H102N2O5. The Kier molecular flexibility index (Phi) is 44.4. The molecule has 0 aromatic carbocycles. The molecule has 0 saturated carbocycles. The Balaban J connectivity index is 4.59. The van der Waals surface area contributed by atoms with E-state index in [2.05, 4.69) is 44.8 Å². The van der Waals surface area contributed by atoms with Crippen molar-refractivity contribution in [3.63, 3.8) is 0 Å². The zero-order valence-electron chi connectivity index (χ0n) is 40.0. The summed E-state index contributed by atoms with van der Waals surface area (Å²) in [6.07, 6.45) is 40.4. The largest absolute Gasteiger partial charge is 0.465 e. The van der Waals surface area contributed by atoms with E-state index < -0.39 is 0 Å². The smallest absolute Gasteiger partial charge is 0.308 e. The van der Waals surface area contributed by atoms with Crippen LogP contribution in [0.15, 0.2) is 0 Å². The fraction of sp³-hybridized carbons (Fsp3) is 0.961. The molecule has 0 aliphatic carbocycles. The van der Waals surface area contributed by atoms with Gasteiger partial charge < -0.3 is 19.1 Å². The van der Waals surface area contributed by atoms with Crippen LogP contribution < -0.4 is 5.32 Å². The number of methoxy groups -OCH3 is 1. The summed E-state index contributed by atoms with van der Waals surface area (Å²) < 4.78 is 17.1. The zero-order chi connectivity index (χ0) is 42.6. The number of rotatable bonds is 47. The topological polar surface area (TPSA) is 77.1 Å². The number of hydrogen-bond donors (Lipinski definition) is 1. The minimum Gasteiger partial charge on any atom is -0.465 e. The van der Waals surface area contributed by atoms with Crippen LogP contribution in [0.3, 0.4) is 0 Å². The molecule has 1 N–H and O–H groups in total. The molecule has 0 aliphatic heterocycles. The van der Waals surface area contributed by atoms with Crippen molar-refractivity contribution in [3.05, 3.63) is 0 Å². The molecule has 58 heavy (non-hydrogen) atoms. The molecule has 0 aromatic heterocycles. The zero-order valence-corrected chi connectivity index (χ0v) is 40.0. The molecule has 0 radical (unpaired) electrons. The van der Waals surface area contributed by atoms with Crippen LogP contribution in [-0.2, 0) is 23.8 Å². The molecule has 7 heteroatoms. The molecule has 3 unspecified atom stereocenters. The number of hydrogen-bond acceptors (Lipinski definition) is 7. The third-order valence-electron chi connectivity index (χ3n) is 12.2. The fourth-order valence-electron chi connectivity index (χ4n) is 8.08. The second-order valence-electron chi connectivity index (χ2n) is 17.7. The van der Waals surface area contributed by atoms with Crippen molar-refractivity contribution in [3.8, 4) is 0 Å². The molecule has 0 saturated heterocycles. The second kappa shape index (κ2) is 45.3. The van der Waals surface area contributed by atoms with Gasteiger partial charge in [-0.1, -0.05) is 182 Å². The quantitative estimate of drug-likeness (QED) is 0.0372. The highest BCUT2D eigenvalue weighted by Crippen LogP contribution is 2.22. The van der Waals surface area contributed by atoms with E-state index in [1.165, 1.54) is 135 Å². The van der Waals surface area contributed by atoms with Crippen molar-refractivity contribution in [1.82, 2.24) is 10.2 Å². The summed E-state index contributed by atoms with van der Waals surface area (Å²) in [5.74, 6) is 0.317. The number of ether oxygens (including phenoxy) is 3. The van der Waals surface area contributed by atoms with Crippen LogP contribution in [-0.4, -0.2) is 69.6 Å². The van der Waals surface area contributed by atoms with Gasteiger partial charge in [0.2, 0.25) is 0 Å². The van der Waals surface area contributed by atoms with Crippen LogP contribution in [0.25, 0.3) is 0 Å². The predicted molar refractivity (Wildman–Crippen MR) is 249 cm³/mol. The molecule has 0 aliphatic rings. The predicted octanol–water partition coefficient (Wildman–Crippen LogP) is 14.5. The Morgan fingerprint density at radius 2 is 0.741 bits per heavy atom. The lowest BCUT2D eigenvalue weighted by atomic mass is 9.94. The molecule has 0 aromatic rings. The van der Waals surface area contributed by atoms with Crippen LogP contribution in [0.1, 0.15) is 253 Å². The molecule has 0 bridgehead atoms. The van der Waals surface area contributed by atoms with Gasteiger partial charge in [-0.2, -0.15) is 0 Å². The first-order chi connectivity index (χ1) is 28.4. The van der Waals surface area contributed by atoms with Gasteiger partial charge in [0.1, 0.15) is 6.23 Å². The highest BCUT2D eigenvalue weighted by Gasteiger charge is 2.20. The SMILES string of the molecule is CCCCCCCCC(CCCCCC)C(=O)OCCCCCCN(CCCCCCOC(=O)C(CCCCCC)CCCCCCCC)CCCCNC(C)OC. The fourth-order valence-corrected chi connectivity index (χ4v) is 8.08. The highest BCUT2D eigenvalue weighted by molar-refractivity contribution is 5.72. The summed E-state index contributed by atoms with van der Waals surface area (Å²) in [7, 11) is 1.75. The number of unbranched alkanes of at least 4 members (excludes halogenated alkanes) is 23. The minimum absolute atomic E-state index is 0.0641. The number of nitrogens with zero attached hydrogens (tertiary/aromatic N) is 1. The third kappa shape index (κ3) is 37.8. The first kappa shape index (κ1) is 56.8. The lowest BCUT2D eigenvalue weighted by Crippen LogP contribution is -2.30. The molecule has 346 valence electrons. The number of nitrogens with one attached hydrogen (secondary N) is 1.